The topological polar surface area (TPSA) is 40.6 Å². The van der Waals surface area contributed by atoms with Crippen LogP contribution in [0.15, 0.2) is 24.3 Å². The summed E-state index contributed by atoms with van der Waals surface area (Å²) >= 11 is 0. The Labute approximate surface area is 138 Å². The Morgan fingerprint density at radius 2 is 1.96 bits per heavy atom. The maximum atomic E-state index is 12.7. The zero-order valence-corrected chi connectivity index (χ0v) is 14.1. The van der Waals surface area contributed by atoms with Crippen LogP contribution in [0.5, 0.6) is 0 Å². The maximum Gasteiger partial charge on any atom is 0.228 e. The van der Waals surface area contributed by atoms with Gasteiger partial charge in [0.15, 0.2) is 0 Å². The van der Waals surface area contributed by atoms with Gasteiger partial charge in [-0.15, -0.1) is 0 Å². The normalized spacial score (nSPS) is 25.0. The number of amides is 2. The van der Waals surface area contributed by atoms with Gasteiger partial charge in [0, 0.05) is 31.7 Å². The molecule has 0 N–H and O–H groups in total. The van der Waals surface area contributed by atoms with Gasteiger partial charge in [0.25, 0.3) is 0 Å². The molecule has 4 nitrogen and oxygen atoms in total. The summed E-state index contributed by atoms with van der Waals surface area (Å²) in [5, 5.41) is 0. The molecule has 4 heteroatoms. The number of hydrogen-bond donors (Lipinski definition) is 0. The Kier molecular flexibility index (Phi) is 4.69. The Hall–Kier alpha value is -1.84. The van der Waals surface area contributed by atoms with Crippen molar-refractivity contribution in [3.63, 3.8) is 0 Å². The van der Waals surface area contributed by atoms with Crippen molar-refractivity contribution in [3.8, 4) is 0 Å². The second kappa shape index (κ2) is 6.73. The molecule has 23 heavy (non-hydrogen) atoms. The van der Waals surface area contributed by atoms with Crippen LogP contribution in [0.3, 0.4) is 0 Å². The van der Waals surface area contributed by atoms with Crippen molar-refractivity contribution in [1.82, 2.24) is 4.90 Å². The smallest absolute Gasteiger partial charge is 0.228 e. The average molecular weight is 314 g/mol. The first-order valence-electron chi connectivity index (χ1n) is 8.76. The van der Waals surface area contributed by atoms with Crippen LogP contribution >= 0.6 is 0 Å². The molecule has 2 saturated heterocycles. The molecule has 2 heterocycles. The van der Waals surface area contributed by atoms with Crippen molar-refractivity contribution >= 4 is 17.5 Å². The van der Waals surface area contributed by atoms with Crippen LogP contribution in [0.25, 0.3) is 0 Å². The van der Waals surface area contributed by atoms with Crippen LogP contribution in [0.4, 0.5) is 5.69 Å². The number of likely N-dealkylation sites (tertiary alicyclic amines) is 1. The third kappa shape index (κ3) is 3.41. The van der Waals surface area contributed by atoms with E-state index in [1.807, 2.05) is 17.0 Å². The molecule has 2 aliphatic heterocycles. The van der Waals surface area contributed by atoms with E-state index < -0.39 is 0 Å². The lowest BCUT2D eigenvalue weighted by Gasteiger charge is -2.32. The molecule has 2 amide bonds. The average Bonchev–Trinajstić information content (AvgIpc) is 2.96. The van der Waals surface area contributed by atoms with Crippen LogP contribution in [-0.4, -0.2) is 36.3 Å². The van der Waals surface area contributed by atoms with Crippen LogP contribution in [0.1, 0.15) is 38.7 Å². The van der Waals surface area contributed by atoms with E-state index in [1.54, 1.807) is 4.90 Å². The Balaban J connectivity index is 1.67. The highest BCUT2D eigenvalue weighted by atomic mass is 16.2. The van der Waals surface area contributed by atoms with E-state index in [4.69, 9.17) is 0 Å². The lowest BCUT2D eigenvalue weighted by Crippen LogP contribution is -2.43. The summed E-state index contributed by atoms with van der Waals surface area (Å²) < 4.78 is 0. The van der Waals surface area contributed by atoms with Crippen LogP contribution in [0, 0.1) is 11.8 Å². The number of rotatable bonds is 3. The van der Waals surface area contributed by atoms with E-state index >= 15 is 0 Å². The van der Waals surface area contributed by atoms with Gasteiger partial charge in [0.05, 0.1) is 5.92 Å². The zero-order chi connectivity index (χ0) is 16.4. The number of nitrogens with zero attached hydrogens (tertiary/aromatic N) is 2. The van der Waals surface area contributed by atoms with Crippen LogP contribution in [0.2, 0.25) is 0 Å². The van der Waals surface area contributed by atoms with Gasteiger partial charge < -0.3 is 9.80 Å². The number of anilines is 1. The molecule has 0 unspecified atom stereocenters. The minimum Gasteiger partial charge on any atom is -0.342 e. The molecule has 1 aromatic carbocycles. The number of piperidine rings is 1. The summed E-state index contributed by atoms with van der Waals surface area (Å²) in [5.41, 5.74) is 2.17. The van der Waals surface area contributed by atoms with E-state index in [0.717, 1.165) is 31.6 Å². The lowest BCUT2D eigenvalue weighted by molar-refractivity contribution is -0.137. The highest BCUT2D eigenvalue weighted by molar-refractivity contribution is 6.00. The van der Waals surface area contributed by atoms with Crippen molar-refractivity contribution in [2.75, 3.05) is 24.5 Å². The van der Waals surface area contributed by atoms with Crippen molar-refractivity contribution in [2.45, 2.75) is 39.5 Å². The fraction of sp³-hybridized carbons (Fsp3) is 0.579. The quantitative estimate of drug-likeness (QED) is 0.861. The van der Waals surface area contributed by atoms with Crippen molar-refractivity contribution in [3.05, 3.63) is 29.8 Å². The van der Waals surface area contributed by atoms with E-state index in [9.17, 15) is 9.59 Å². The predicted octanol–water partition coefficient (Wildman–Crippen LogP) is 2.86. The minimum absolute atomic E-state index is 0.0673. The fourth-order valence-electron chi connectivity index (χ4n) is 3.68. The Morgan fingerprint density at radius 3 is 2.61 bits per heavy atom. The Morgan fingerprint density at radius 1 is 1.22 bits per heavy atom. The summed E-state index contributed by atoms with van der Waals surface area (Å²) in [4.78, 5) is 28.8. The summed E-state index contributed by atoms with van der Waals surface area (Å²) in [7, 11) is 0. The monoisotopic (exact) mass is 314 g/mol. The molecule has 0 saturated carbocycles. The number of carbonyl (C=O) groups is 2. The van der Waals surface area contributed by atoms with Crippen molar-refractivity contribution in [1.29, 1.82) is 0 Å². The van der Waals surface area contributed by atoms with Gasteiger partial charge in [0.1, 0.15) is 0 Å². The van der Waals surface area contributed by atoms with Gasteiger partial charge in [-0.2, -0.15) is 0 Å². The second-order valence-electron chi connectivity index (χ2n) is 6.96. The second-order valence-corrected chi connectivity index (χ2v) is 6.96. The van der Waals surface area contributed by atoms with Gasteiger partial charge in [-0.3, -0.25) is 9.59 Å². The molecule has 2 atom stereocenters. The van der Waals surface area contributed by atoms with Gasteiger partial charge in [0.2, 0.25) is 11.8 Å². The van der Waals surface area contributed by atoms with Gasteiger partial charge in [-0.25, -0.2) is 0 Å². The third-order valence-corrected chi connectivity index (χ3v) is 5.10. The fourth-order valence-corrected chi connectivity index (χ4v) is 3.68. The highest BCUT2D eigenvalue weighted by Crippen LogP contribution is 2.28. The van der Waals surface area contributed by atoms with E-state index in [0.29, 0.717) is 18.9 Å². The molecule has 1 aromatic rings. The summed E-state index contributed by atoms with van der Waals surface area (Å²) in [6, 6.07) is 8.10. The van der Waals surface area contributed by atoms with Gasteiger partial charge >= 0.3 is 0 Å². The van der Waals surface area contributed by atoms with Crippen LogP contribution in [-0.2, 0) is 16.0 Å². The largest absolute Gasteiger partial charge is 0.342 e. The van der Waals surface area contributed by atoms with Gasteiger partial charge in [-0.1, -0.05) is 26.0 Å². The SMILES string of the molecule is CCc1ccc(N2C[C@@H](C(=O)N3CCC[C@@H](C)C3)CC2=O)cc1. The number of benzene rings is 1. The molecule has 0 aromatic heterocycles. The molecule has 2 fully saturated rings. The molecule has 2 aliphatic rings. The first-order valence-corrected chi connectivity index (χ1v) is 8.76. The maximum absolute atomic E-state index is 12.7. The zero-order valence-electron chi connectivity index (χ0n) is 14.1. The minimum atomic E-state index is -0.182. The standard InChI is InChI=1S/C19H26N2O2/c1-3-15-6-8-17(9-7-15)21-13-16(11-18(21)22)19(23)20-10-4-5-14(2)12-20/h6-9,14,16H,3-5,10-13H2,1-2H3/t14-,16+/m1/s1. The number of aryl methyl sites for hydroxylation is 1. The summed E-state index contributed by atoms with van der Waals surface area (Å²) in [6.45, 7) is 6.52. The lowest BCUT2D eigenvalue weighted by atomic mass is 9.98. The number of hydrogen-bond acceptors (Lipinski definition) is 2. The molecule has 0 aliphatic carbocycles. The van der Waals surface area contributed by atoms with Gasteiger partial charge in [-0.05, 0) is 42.9 Å². The number of carbonyl (C=O) groups excluding carboxylic acids is 2. The molecule has 3 rings (SSSR count). The third-order valence-electron chi connectivity index (χ3n) is 5.10. The predicted molar refractivity (Wildman–Crippen MR) is 91.3 cm³/mol. The molecule has 0 radical (unpaired) electrons. The highest BCUT2D eigenvalue weighted by Gasteiger charge is 2.37. The molecule has 124 valence electrons. The van der Waals surface area contributed by atoms with Crippen molar-refractivity contribution < 1.29 is 9.59 Å². The first kappa shape index (κ1) is 16.0. The first-order chi connectivity index (χ1) is 11.1. The van der Waals surface area contributed by atoms with Crippen molar-refractivity contribution in [2.24, 2.45) is 11.8 Å². The Bertz CT molecular complexity index is 582. The molecule has 0 bridgehead atoms. The summed E-state index contributed by atoms with van der Waals surface area (Å²) in [6.07, 6.45) is 3.61. The van der Waals surface area contributed by atoms with E-state index in [1.165, 1.54) is 12.0 Å². The molecular formula is C19H26N2O2. The van der Waals surface area contributed by atoms with Crippen LogP contribution < -0.4 is 4.90 Å². The van der Waals surface area contributed by atoms with E-state index in [-0.39, 0.29) is 17.7 Å². The summed E-state index contributed by atoms with van der Waals surface area (Å²) in [5.74, 6) is 0.622. The molecular weight excluding hydrogens is 288 g/mol. The molecule has 0 spiro atoms. The van der Waals surface area contributed by atoms with E-state index in [2.05, 4.69) is 26.0 Å².